The fourth-order valence-electron chi connectivity index (χ4n) is 2.12. The van der Waals surface area contributed by atoms with Crippen LogP contribution in [-0.2, 0) is 19.6 Å². The molecule has 0 atom stereocenters. The van der Waals surface area contributed by atoms with E-state index in [0.717, 1.165) is 24.1 Å². The molecule has 2 rings (SSSR count). The van der Waals surface area contributed by atoms with Crippen LogP contribution < -0.4 is 10.1 Å². The Labute approximate surface area is 125 Å². The first kappa shape index (κ1) is 15.4. The molecular weight excluding hydrogens is 266 g/mol. The predicted molar refractivity (Wildman–Crippen MR) is 82.4 cm³/mol. The van der Waals surface area contributed by atoms with Gasteiger partial charge in [0.1, 0.15) is 0 Å². The van der Waals surface area contributed by atoms with Gasteiger partial charge in [-0.25, -0.2) is 0 Å². The van der Waals surface area contributed by atoms with Crippen molar-refractivity contribution in [2.75, 3.05) is 13.7 Å². The molecule has 0 aliphatic heterocycles. The highest BCUT2D eigenvalue weighted by Crippen LogP contribution is 2.25. The lowest BCUT2D eigenvalue weighted by Gasteiger charge is -2.08. The van der Waals surface area contributed by atoms with Crippen LogP contribution >= 0.6 is 0 Å². The fourth-order valence-corrected chi connectivity index (χ4v) is 2.12. The molecule has 0 amide bonds. The highest BCUT2D eigenvalue weighted by molar-refractivity contribution is 5.41. The van der Waals surface area contributed by atoms with Crippen molar-refractivity contribution in [1.29, 1.82) is 0 Å². The molecule has 4 nitrogen and oxygen atoms in total. The molecule has 21 heavy (non-hydrogen) atoms. The van der Waals surface area contributed by atoms with E-state index in [9.17, 15) is 5.11 Å². The van der Waals surface area contributed by atoms with Crippen LogP contribution in [0, 0.1) is 0 Å². The van der Waals surface area contributed by atoms with Gasteiger partial charge in [-0.05, 0) is 41.8 Å². The molecule has 0 aromatic heterocycles. The zero-order valence-corrected chi connectivity index (χ0v) is 12.2. The molecule has 0 fully saturated rings. The molecule has 0 aliphatic rings. The van der Waals surface area contributed by atoms with Gasteiger partial charge >= 0.3 is 0 Å². The molecule has 0 aliphatic carbocycles. The molecule has 112 valence electrons. The van der Waals surface area contributed by atoms with Gasteiger partial charge in [-0.15, -0.1) is 0 Å². The van der Waals surface area contributed by atoms with Crippen molar-refractivity contribution in [3.05, 3.63) is 59.2 Å². The van der Waals surface area contributed by atoms with E-state index in [-0.39, 0.29) is 12.4 Å². The average molecular weight is 287 g/mol. The largest absolute Gasteiger partial charge is 0.504 e. The summed E-state index contributed by atoms with van der Waals surface area (Å²) in [6.07, 6.45) is 0.924. The Bertz CT molecular complexity index is 567. The van der Waals surface area contributed by atoms with Crippen molar-refractivity contribution in [1.82, 2.24) is 5.32 Å². The molecule has 2 aromatic rings. The number of aliphatic hydroxyl groups is 1. The van der Waals surface area contributed by atoms with Crippen molar-refractivity contribution >= 4 is 0 Å². The van der Waals surface area contributed by atoms with E-state index in [2.05, 4.69) is 5.32 Å². The lowest BCUT2D eigenvalue weighted by molar-refractivity contribution is 0.282. The number of rotatable bonds is 7. The Morgan fingerprint density at radius 2 is 1.67 bits per heavy atom. The van der Waals surface area contributed by atoms with Gasteiger partial charge in [0.2, 0.25) is 0 Å². The minimum absolute atomic E-state index is 0.0828. The van der Waals surface area contributed by atoms with Crippen LogP contribution in [0.15, 0.2) is 42.5 Å². The van der Waals surface area contributed by atoms with Crippen LogP contribution in [-0.4, -0.2) is 23.9 Å². The van der Waals surface area contributed by atoms with Crippen molar-refractivity contribution in [2.24, 2.45) is 0 Å². The van der Waals surface area contributed by atoms with E-state index in [1.165, 1.54) is 12.7 Å². The lowest BCUT2D eigenvalue weighted by Crippen LogP contribution is -2.16. The Morgan fingerprint density at radius 3 is 2.29 bits per heavy atom. The molecule has 4 heteroatoms. The standard InChI is InChI=1S/C17H21NO3/c1-21-17-7-6-15(10-16(17)20)11-18-9-8-13-2-4-14(12-19)5-3-13/h2-7,10,18-20H,8-9,11-12H2,1H3. The number of nitrogens with one attached hydrogen (secondary N) is 1. The van der Waals surface area contributed by atoms with Crippen LogP contribution in [0.25, 0.3) is 0 Å². The summed E-state index contributed by atoms with van der Waals surface area (Å²) in [4.78, 5) is 0. The summed E-state index contributed by atoms with van der Waals surface area (Å²) in [6, 6.07) is 13.4. The second-order valence-electron chi connectivity index (χ2n) is 4.91. The highest BCUT2D eigenvalue weighted by Gasteiger charge is 2.02. The summed E-state index contributed by atoms with van der Waals surface area (Å²) in [5, 5.41) is 22.0. The summed E-state index contributed by atoms with van der Waals surface area (Å²) >= 11 is 0. The molecule has 0 heterocycles. The van der Waals surface area contributed by atoms with Crippen LogP contribution in [0.5, 0.6) is 11.5 Å². The predicted octanol–water partition coefficient (Wildman–Crippen LogP) is 2.23. The van der Waals surface area contributed by atoms with Gasteiger partial charge in [-0.1, -0.05) is 30.3 Å². The van der Waals surface area contributed by atoms with Gasteiger partial charge in [0, 0.05) is 6.54 Å². The van der Waals surface area contributed by atoms with E-state index in [4.69, 9.17) is 9.84 Å². The van der Waals surface area contributed by atoms with Crippen molar-refractivity contribution in [3.8, 4) is 11.5 Å². The maximum Gasteiger partial charge on any atom is 0.160 e. The molecule has 0 radical (unpaired) electrons. The number of benzene rings is 2. The molecule has 3 N–H and O–H groups in total. The van der Waals surface area contributed by atoms with E-state index < -0.39 is 0 Å². The Kier molecular flexibility index (Phi) is 5.60. The van der Waals surface area contributed by atoms with Gasteiger partial charge in [0.15, 0.2) is 11.5 Å². The molecule has 0 spiro atoms. The normalized spacial score (nSPS) is 10.6. The lowest BCUT2D eigenvalue weighted by atomic mass is 10.1. The third-order valence-electron chi connectivity index (χ3n) is 3.37. The van der Waals surface area contributed by atoms with Gasteiger partial charge < -0.3 is 20.3 Å². The number of hydrogen-bond acceptors (Lipinski definition) is 4. The number of hydrogen-bond donors (Lipinski definition) is 3. The zero-order valence-electron chi connectivity index (χ0n) is 12.2. The quantitative estimate of drug-likeness (QED) is 0.683. The van der Waals surface area contributed by atoms with Gasteiger partial charge in [-0.2, -0.15) is 0 Å². The number of methoxy groups -OCH3 is 1. The molecule has 0 saturated heterocycles. The number of aromatic hydroxyl groups is 1. The molecule has 0 saturated carbocycles. The van der Waals surface area contributed by atoms with Crippen LogP contribution in [0.3, 0.4) is 0 Å². The number of ether oxygens (including phenoxy) is 1. The first-order valence-electron chi connectivity index (χ1n) is 6.98. The molecule has 0 unspecified atom stereocenters. The second-order valence-corrected chi connectivity index (χ2v) is 4.91. The van der Waals surface area contributed by atoms with Crippen LogP contribution in [0.1, 0.15) is 16.7 Å². The van der Waals surface area contributed by atoms with Gasteiger partial charge in [-0.3, -0.25) is 0 Å². The molecular formula is C17H21NO3. The SMILES string of the molecule is COc1ccc(CNCCc2ccc(CO)cc2)cc1O. The summed E-state index contributed by atoms with van der Waals surface area (Å²) < 4.78 is 5.01. The highest BCUT2D eigenvalue weighted by atomic mass is 16.5. The minimum atomic E-state index is 0.0828. The van der Waals surface area contributed by atoms with E-state index in [1.807, 2.05) is 30.3 Å². The summed E-state index contributed by atoms with van der Waals surface area (Å²) in [7, 11) is 1.54. The minimum Gasteiger partial charge on any atom is -0.504 e. The molecule has 2 aromatic carbocycles. The van der Waals surface area contributed by atoms with E-state index >= 15 is 0 Å². The van der Waals surface area contributed by atoms with Gasteiger partial charge in [0.05, 0.1) is 13.7 Å². The topological polar surface area (TPSA) is 61.7 Å². The third-order valence-corrected chi connectivity index (χ3v) is 3.37. The third kappa shape index (κ3) is 4.48. The van der Waals surface area contributed by atoms with Gasteiger partial charge in [0.25, 0.3) is 0 Å². The molecule has 0 bridgehead atoms. The summed E-state index contributed by atoms with van der Waals surface area (Å²) in [5.74, 6) is 0.652. The zero-order chi connectivity index (χ0) is 15.1. The summed E-state index contributed by atoms with van der Waals surface area (Å²) in [6.45, 7) is 1.64. The number of phenolic OH excluding ortho intramolecular Hbond substituents is 1. The van der Waals surface area contributed by atoms with Crippen molar-refractivity contribution in [2.45, 2.75) is 19.6 Å². The first-order valence-corrected chi connectivity index (χ1v) is 6.98. The average Bonchev–Trinajstić information content (AvgIpc) is 2.52. The van der Waals surface area contributed by atoms with Crippen LogP contribution in [0.4, 0.5) is 0 Å². The monoisotopic (exact) mass is 287 g/mol. The second kappa shape index (κ2) is 7.67. The van der Waals surface area contributed by atoms with E-state index in [1.54, 1.807) is 12.1 Å². The van der Waals surface area contributed by atoms with Crippen molar-refractivity contribution in [3.63, 3.8) is 0 Å². The summed E-state index contributed by atoms with van der Waals surface area (Å²) in [5.41, 5.74) is 3.18. The maximum absolute atomic E-state index is 9.70. The van der Waals surface area contributed by atoms with Crippen LogP contribution in [0.2, 0.25) is 0 Å². The number of phenols is 1. The smallest absolute Gasteiger partial charge is 0.160 e. The number of aliphatic hydroxyl groups excluding tert-OH is 1. The van der Waals surface area contributed by atoms with Crippen molar-refractivity contribution < 1.29 is 14.9 Å². The Balaban J connectivity index is 1.77. The first-order chi connectivity index (χ1) is 10.2. The Morgan fingerprint density at radius 1 is 1.00 bits per heavy atom. The fraction of sp³-hybridized carbons (Fsp3) is 0.294. The van der Waals surface area contributed by atoms with E-state index in [0.29, 0.717) is 12.3 Å². The Hall–Kier alpha value is -2.04. The maximum atomic E-state index is 9.70.